The monoisotopic (exact) mass is 290 g/mol. The van der Waals surface area contributed by atoms with Crippen LogP contribution in [0.1, 0.15) is 0 Å². The Morgan fingerprint density at radius 3 is 2.41 bits per heavy atom. The summed E-state index contributed by atoms with van der Waals surface area (Å²) >= 11 is 12.2. The van der Waals surface area contributed by atoms with Crippen LogP contribution in [0.25, 0.3) is 0 Å². The number of nitrogens with zero attached hydrogens (tertiary/aromatic N) is 4. The highest BCUT2D eigenvalue weighted by molar-refractivity contribution is 7.99. The van der Waals surface area contributed by atoms with Gasteiger partial charge in [-0.1, -0.05) is 0 Å². The summed E-state index contributed by atoms with van der Waals surface area (Å²) in [6, 6.07) is 1.16. The van der Waals surface area contributed by atoms with E-state index < -0.39 is 0 Å². The van der Waals surface area contributed by atoms with E-state index in [0.717, 1.165) is 17.8 Å². The molecule has 0 spiro atoms. The van der Waals surface area contributed by atoms with Crippen LogP contribution in [-0.2, 0) is 0 Å². The Kier molecular flexibility index (Phi) is 3.46. The number of nitrogen functional groups attached to an aromatic ring is 1. The molecule has 88 valence electrons. The van der Waals surface area contributed by atoms with Crippen molar-refractivity contribution < 1.29 is 0 Å². The number of nitrogens with one attached hydrogen (secondary N) is 1. The predicted octanol–water partition coefficient (Wildman–Crippen LogP) is 0.995. The van der Waals surface area contributed by atoms with Crippen LogP contribution < -0.4 is 11.3 Å². The van der Waals surface area contributed by atoms with Gasteiger partial charge in [-0.25, -0.2) is 4.98 Å². The zero-order valence-electron chi connectivity index (χ0n) is 8.02. The van der Waals surface area contributed by atoms with Gasteiger partial charge < -0.3 is 10.7 Å². The van der Waals surface area contributed by atoms with Crippen molar-refractivity contribution in [3.63, 3.8) is 0 Å². The third kappa shape index (κ3) is 3.29. The maximum atomic E-state index is 11.1. The Morgan fingerprint density at radius 1 is 1.18 bits per heavy atom. The van der Waals surface area contributed by atoms with Crippen molar-refractivity contribution in [2.24, 2.45) is 0 Å². The molecule has 2 aromatic rings. The van der Waals surface area contributed by atoms with E-state index in [0.29, 0.717) is 0 Å². The van der Waals surface area contributed by atoms with Gasteiger partial charge in [-0.15, -0.1) is 0 Å². The highest BCUT2D eigenvalue weighted by Gasteiger charge is 2.07. The molecule has 0 saturated heterocycles. The normalized spacial score (nSPS) is 10.5. The van der Waals surface area contributed by atoms with Gasteiger partial charge in [0.05, 0.1) is 0 Å². The standard InChI is InChI=1S/C7H4Cl2N6OS/c8-4-13-5(9)15-7(14-4)17-6-11-2(10)1-3(16)12-6/h1H,(H3,10,11,12,16). The molecule has 0 aliphatic carbocycles. The average molecular weight is 291 g/mol. The van der Waals surface area contributed by atoms with Gasteiger partial charge in [0.25, 0.3) is 5.56 Å². The summed E-state index contributed by atoms with van der Waals surface area (Å²) in [5.74, 6) is 0.0995. The SMILES string of the molecule is Nc1cc(=O)[nH]c(Sc2nc(Cl)nc(Cl)n2)n1. The summed E-state index contributed by atoms with van der Waals surface area (Å²) in [6.45, 7) is 0. The van der Waals surface area contributed by atoms with Gasteiger partial charge in [-0.2, -0.15) is 15.0 Å². The predicted molar refractivity (Wildman–Crippen MR) is 63.2 cm³/mol. The average Bonchev–Trinajstić information content (AvgIpc) is 2.13. The molecule has 0 aromatic carbocycles. The second kappa shape index (κ2) is 4.86. The molecular formula is C7H4Cl2N6OS. The van der Waals surface area contributed by atoms with E-state index in [1.807, 2.05) is 0 Å². The molecule has 0 aliphatic rings. The van der Waals surface area contributed by atoms with Crippen LogP contribution in [0.4, 0.5) is 5.82 Å². The molecule has 3 N–H and O–H groups in total. The van der Waals surface area contributed by atoms with E-state index in [4.69, 9.17) is 28.9 Å². The van der Waals surface area contributed by atoms with Gasteiger partial charge in [-0.3, -0.25) is 4.79 Å². The molecule has 7 nitrogen and oxygen atoms in total. The van der Waals surface area contributed by atoms with Crippen molar-refractivity contribution in [2.75, 3.05) is 5.73 Å². The molecule has 0 fully saturated rings. The lowest BCUT2D eigenvalue weighted by Gasteiger charge is -2.00. The van der Waals surface area contributed by atoms with Gasteiger partial charge >= 0.3 is 0 Å². The zero-order valence-corrected chi connectivity index (χ0v) is 10.3. The summed E-state index contributed by atoms with van der Waals surface area (Å²) in [7, 11) is 0. The highest BCUT2D eigenvalue weighted by Crippen LogP contribution is 2.22. The minimum Gasteiger partial charge on any atom is -0.383 e. The van der Waals surface area contributed by atoms with Crippen LogP contribution in [0.3, 0.4) is 0 Å². The third-order valence-corrected chi connectivity index (χ3v) is 2.58. The quantitative estimate of drug-likeness (QED) is 0.794. The number of hydrogen-bond donors (Lipinski definition) is 2. The molecule has 17 heavy (non-hydrogen) atoms. The van der Waals surface area contributed by atoms with E-state index in [9.17, 15) is 4.79 Å². The smallest absolute Gasteiger partial charge is 0.253 e. The van der Waals surface area contributed by atoms with Gasteiger partial charge in [-0.05, 0) is 35.0 Å². The summed E-state index contributed by atoms with van der Waals surface area (Å²) in [5.41, 5.74) is 5.05. The molecule has 0 saturated carbocycles. The van der Waals surface area contributed by atoms with Crippen LogP contribution in [0.5, 0.6) is 0 Å². The number of aromatic amines is 1. The molecule has 0 bridgehead atoms. The summed E-state index contributed by atoms with van der Waals surface area (Å²) < 4.78 is 0. The van der Waals surface area contributed by atoms with Gasteiger partial charge in [0, 0.05) is 6.07 Å². The molecule has 10 heteroatoms. The van der Waals surface area contributed by atoms with Crippen LogP contribution >= 0.6 is 35.0 Å². The number of rotatable bonds is 2. The Labute approximate surface area is 109 Å². The van der Waals surface area contributed by atoms with Crippen LogP contribution in [0, 0.1) is 0 Å². The Morgan fingerprint density at radius 2 is 1.82 bits per heavy atom. The molecule has 0 aliphatic heterocycles. The number of hydrogen-bond acceptors (Lipinski definition) is 7. The highest BCUT2D eigenvalue weighted by atomic mass is 35.5. The number of anilines is 1. The number of aromatic nitrogens is 5. The Bertz CT molecular complexity index is 597. The fourth-order valence-corrected chi connectivity index (χ4v) is 2.15. The number of H-pyrrole nitrogens is 1. The fraction of sp³-hybridized carbons (Fsp3) is 0. The molecule has 0 amide bonds. The second-order valence-corrected chi connectivity index (χ2v) is 4.37. The lowest BCUT2D eigenvalue weighted by Crippen LogP contribution is -2.09. The van der Waals surface area contributed by atoms with Crippen LogP contribution in [-0.4, -0.2) is 24.9 Å². The first kappa shape index (κ1) is 12.1. The minimum absolute atomic E-state index is 0.0428. The molecule has 2 rings (SSSR count). The molecule has 0 atom stereocenters. The van der Waals surface area contributed by atoms with Crippen molar-refractivity contribution in [3.8, 4) is 0 Å². The fourth-order valence-electron chi connectivity index (χ4n) is 0.943. The summed E-state index contributed by atoms with van der Waals surface area (Å²) in [5, 5.41) is 0.370. The first-order valence-corrected chi connectivity index (χ1v) is 5.72. The van der Waals surface area contributed by atoms with Crippen molar-refractivity contribution in [3.05, 3.63) is 27.0 Å². The maximum Gasteiger partial charge on any atom is 0.253 e. The first-order valence-electron chi connectivity index (χ1n) is 4.15. The lowest BCUT2D eigenvalue weighted by molar-refractivity contribution is 0.884. The van der Waals surface area contributed by atoms with E-state index >= 15 is 0 Å². The second-order valence-electron chi connectivity index (χ2n) is 2.73. The molecular weight excluding hydrogens is 287 g/mol. The Hall–Kier alpha value is -1.38. The topological polar surface area (TPSA) is 110 Å². The molecule has 0 radical (unpaired) electrons. The number of halogens is 2. The largest absolute Gasteiger partial charge is 0.383 e. The van der Waals surface area contributed by atoms with Gasteiger partial charge in [0.2, 0.25) is 15.7 Å². The van der Waals surface area contributed by atoms with E-state index in [2.05, 4.69) is 24.9 Å². The van der Waals surface area contributed by atoms with E-state index in [-0.39, 0.29) is 32.3 Å². The van der Waals surface area contributed by atoms with E-state index in [1.165, 1.54) is 0 Å². The van der Waals surface area contributed by atoms with Crippen molar-refractivity contribution in [1.29, 1.82) is 0 Å². The van der Waals surface area contributed by atoms with Crippen LogP contribution in [0.2, 0.25) is 10.6 Å². The third-order valence-electron chi connectivity index (χ3n) is 1.49. The first-order chi connectivity index (χ1) is 8.02. The van der Waals surface area contributed by atoms with Crippen molar-refractivity contribution in [1.82, 2.24) is 24.9 Å². The van der Waals surface area contributed by atoms with Gasteiger partial charge in [0.15, 0.2) is 5.16 Å². The summed E-state index contributed by atoms with van der Waals surface area (Å²) in [6.07, 6.45) is 0. The zero-order chi connectivity index (χ0) is 12.4. The molecule has 2 aromatic heterocycles. The molecule has 2 heterocycles. The molecule has 0 unspecified atom stereocenters. The lowest BCUT2D eigenvalue weighted by atomic mass is 10.6. The van der Waals surface area contributed by atoms with Crippen molar-refractivity contribution in [2.45, 2.75) is 10.3 Å². The van der Waals surface area contributed by atoms with Gasteiger partial charge in [0.1, 0.15) is 5.82 Å². The summed E-state index contributed by atoms with van der Waals surface area (Å²) in [4.78, 5) is 28.7. The van der Waals surface area contributed by atoms with Crippen LogP contribution in [0.15, 0.2) is 21.2 Å². The van der Waals surface area contributed by atoms with Crippen molar-refractivity contribution >= 4 is 40.8 Å². The minimum atomic E-state index is -0.369. The number of nitrogens with two attached hydrogens (primary N) is 1. The Balaban J connectivity index is 2.34. The maximum absolute atomic E-state index is 11.1. The van der Waals surface area contributed by atoms with E-state index in [1.54, 1.807) is 0 Å².